The minimum atomic E-state index is -0.0292. The molecule has 1 aromatic carbocycles. The number of benzene rings is 1. The Bertz CT molecular complexity index is 835. The number of hydrogen-bond acceptors (Lipinski definition) is 3. The van der Waals surface area contributed by atoms with Gasteiger partial charge in [-0.25, -0.2) is 0 Å². The number of carbonyl (C=O) groups is 1. The maximum atomic E-state index is 13.2. The van der Waals surface area contributed by atoms with Gasteiger partial charge in [-0.3, -0.25) is 4.79 Å². The van der Waals surface area contributed by atoms with Gasteiger partial charge in [0.2, 0.25) is 0 Å². The Hall–Kier alpha value is -1.42. The second kappa shape index (κ2) is 6.58. The van der Waals surface area contributed by atoms with E-state index in [1.807, 2.05) is 18.2 Å². The van der Waals surface area contributed by atoms with E-state index in [4.69, 9.17) is 4.42 Å². The number of thioether (sulfide) groups is 1. The van der Waals surface area contributed by atoms with Gasteiger partial charge in [-0.2, -0.15) is 11.8 Å². The molecular formula is C23H29NO2S. The van der Waals surface area contributed by atoms with Gasteiger partial charge in [-0.15, -0.1) is 0 Å². The molecule has 27 heavy (non-hydrogen) atoms. The van der Waals surface area contributed by atoms with Crippen LogP contribution in [0.3, 0.4) is 0 Å². The molecule has 0 spiro atoms. The van der Waals surface area contributed by atoms with Crippen molar-refractivity contribution in [2.45, 2.75) is 57.2 Å². The van der Waals surface area contributed by atoms with E-state index >= 15 is 0 Å². The maximum absolute atomic E-state index is 13.2. The van der Waals surface area contributed by atoms with Gasteiger partial charge in [0.15, 0.2) is 5.76 Å². The summed E-state index contributed by atoms with van der Waals surface area (Å²) in [5.74, 6) is 3.98. The molecule has 4 heteroatoms. The van der Waals surface area contributed by atoms with E-state index < -0.39 is 0 Å². The molecular weight excluding hydrogens is 354 g/mol. The van der Waals surface area contributed by atoms with Crippen molar-refractivity contribution >= 4 is 28.6 Å². The lowest BCUT2D eigenvalue weighted by Gasteiger charge is -2.59. The summed E-state index contributed by atoms with van der Waals surface area (Å²) in [6.07, 6.45) is 10.3. The first kappa shape index (κ1) is 17.7. The van der Waals surface area contributed by atoms with Crippen molar-refractivity contribution in [3.8, 4) is 0 Å². The average Bonchev–Trinajstić information content (AvgIpc) is 3.00. The fourth-order valence-electron chi connectivity index (χ4n) is 6.69. The van der Waals surface area contributed by atoms with Gasteiger partial charge in [-0.05, 0) is 80.9 Å². The van der Waals surface area contributed by atoms with Crippen LogP contribution in [-0.4, -0.2) is 18.2 Å². The van der Waals surface area contributed by atoms with Gasteiger partial charge >= 0.3 is 0 Å². The number of para-hydroxylation sites is 1. The largest absolute Gasteiger partial charge is 0.451 e. The second-order valence-electron chi connectivity index (χ2n) is 9.31. The summed E-state index contributed by atoms with van der Waals surface area (Å²) in [5, 5.41) is 4.44. The highest BCUT2D eigenvalue weighted by Gasteiger charge is 2.53. The standard InChI is InChI=1S/C23H29NO2S/c1-14(23-10-15-7-16(11-23)9-17(8-15)12-23)24-22(25)21-19(13-27-2)18-5-3-4-6-20(18)26-21/h3-6,14-17H,7-13H2,1-2H3,(H,24,25)/t14-,15?,16?,17?,23?/m0/s1. The summed E-state index contributed by atoms with van der Waals surface area (Å²) in [7, 11) is 0. The van der Waals surface area contributed by atoms with E-state index in [9.17, 15) is 4.79 Å². The number of furan rings is 1. The Morgan fingerprint density at radius 1 is 1.19 bits per heavy atom. The van der Waals surface area contributed by atoms with Crippen LogP contribution in [0.1, 0.15) is 61.6 Å². The highest BCUT2D eigenvalue weighted by Crippen LogP contribution is 2.61. The smallest absolute Gasteiger partial charge is 0.287 e. The van der Waals surface area contributed by atoms with Crippen LogP contribution >= 0.6 is 11.8 Å². The van der Waals surface area contributed by atoms with Crippen LogP contribution in [0, 0.1) is 23.2 Å². The molecule has 1 aromatic heterocycles. The Labute approximate surface area is 165 Å². The molecule has 4 aliphatic rings. The molecule has 0 aliphatic heterocycles. The van der Waals surface area contributed by atoms with Gasteiger partial charge in [0, 0.05) is 22.7 Å². The number of hydrogen-bond donors (Lipinski definition) is 1. The summed E-state index contributed by atoms with van der Waals surface area (Å²) in [6.45, 7) is 2.24. The van der Waals surface area contributed by atoms with Crippen molar-refractivity contribution in [1.82, 2.24) is 5.32 Å². The monoisotopic (exact) mass is 383 g/mol. The van der Waals surface area contributed by atoms with Crippen LogP contribution in [0.15, 0.2) is 28.7 Å². The van der Waals surface area contributed by atoms with Gasteiger partial charge < -0.3 is 9.73 Å². The maximum Gasteiger partial charge on any atom is 0.287 e. The van der Waals surface area contributed by atoms with Gasteiger partial charge in [-0.1, -0.05) is 18.2 Å². The van der Waals surface area contributed by atoms with E-state index in [0.717, 1.165) is 40.0 Å². The third-order valence-electron chi connectivity index (χ3n) is 7.54. The molecule has 6 rings (SSSR count). The summed E-state index contributed by atoms with van der Waals surface area (Å²) in [4.78, 5) is 13.2. The lowest BCUT2D eigenvalue weighted by Crippen LogP contribution is -2.55. The predicted octanol–water partition coefficient (Wildman–Crippen LogP) is 5.63. The number of amides is 1. The molecule has 1 atom stereocenters. The van der Waals surface area contributed by atoms with Crippen LogP contribution in [0.2, 0.25) is 0 Å². The summed E-state index contributed by atoms with van der Waals surface area (Å²) < 4.78 is 6.01. The third kappa shape index (κ3) is 2.91. The lowest BCUT2D eigenvalue weighted by molar-refractivity contribution is -0.0688. The first-order valence-corrected chi connectivity index (χ1v) is 11.8. The van der Waals surface area contributed by atoms with Gasteiger partial charge in [0.25, 0.3) is 5.91 Å². The van der Waals surface area contributed by atoms with Gasteiger partial charge in [0.05, 0.1) is 0 Å². The summed E-state index contributed by atoms with van der Waals surface area (Å²) >= 11 is 1.73. The van der Waals surface area contributed by atoms with Gasteiger partial charge in [0.1, 0.15) is 5.58 Å². The van der Waals surface area contributed by atoms with E-state index in [-0.39, 0.29) is 11.9 Å². The Morgan fingerprint density at radius 2 is 1.81 bits per heavy atom. The molecule has 4 bridgehead atoms. The third-order valence-corrected chi connectivity index (χ3v) is 8.12. The zero-order chi connectivity index (χ0) is 18.6. The zero-order valence-electron chi connectivity index (χ0n) is 16.3. The van der Waals surface area contributed by atoms with Crippen molar-refractivity contribution < 1.29 is 9.21 Å². The fraction of sp³-hybridized carbons (Fsp3) is 0.609. The van der Waals surface area contributed by atoms with Crippen LogP contribution < -0.4 is 5.32 Å². The summed E-state index contributed by atoms with van der Waals surface area (Å²) in [5.41, 5.74) is 2.17. The normalized spacial score (nSPS) is 32.7. The van der Waals surface area contributed by atoms with Crippen molar-refractivity contribution in [1.29, 1.82) is 0 Å². The molecule has 0 radical (unpaired) electrons. The molecule has 3 nitrogen and oxygen atoms in total. The second-order valence-corrected chi connectivity index (χ2v) is 10.2. The number of rotatable bonds is 5. The molecule has 0 saturated heterocycles. The van der Waals surface area contributed by atoms with E-state index in [1.165, 1.54) is 38.5 Å². The molecule has 4 saturated carbocycles. The van der Waals surface area contributed by atoms with Crippen LogP contribution in [0.25, 0.3) is 11.0 Å². The van der Waals surface area contributed by atoms with Crippen LogP contribution in [0.4, 0.5) is 0 Å². The summed E-state index contributed by atoms with van der Waals surface area (Å²) in [6, 6.07) is 8.21. The molecule has 144 valence electrons. The Morgan fingerprint density at radius 3 is 2.44 bits per heavy atom. The first-order chi connectivity index (χ1) is 13.1. The number of nitrogens with one attached hydrogen (secondary N) is 1. The first-order valence-electron chi connectivity index (χ1n) is 10.4. The Balaban J connectivity index is 1.41. The van der Waals surface area contributed by atoms with Crippen molar-refractivity contribution in [3.63, 3.8) is 0 Å². The molecule has 0 unspecified atom stereocenters. The SMILES string of the molecule is CSCc1c(C(=O)N[C@@H](C)C23CC4CC(CC(C4)C2)C3)oc2ccccc12. The zero-order valence-corrected chi connectivity index (χ0v) is 17.1. The topological polar surface area (TPSA) is 42.2 Å². The molecule has 1 heterocycles. The Kier molecular flexibility index (Phi) is 4.30. The van der Waals surface area contributed by atoms with E-state index in [1.54, 1.807) is 11.8 Å². The predicted molar refractivity (Wildman–Crippen MR) is 111 cm³/mol. The van der Waals surface area contributed by atoms with Crippen molar-refractivity contribution in [2.24, 2.45) is 23.2 Å². The molecule has 4 fully saturated rings. The molecule has 1 N–H and O–H groups in total. The van der Waals surface area contributed by atoms with Crippen molar-refractivity contribution in [2.75, 3.05) is 6.26 Å². The highest BCUT2D eigenvalue weighted by atomic mass is 32.2. The highest BCUT2D eigenvalue weighted by molar-refractivity contribution is 7.97. The van der Waals surface area contributed by atoms with E-state index in [2.05, 4.69) is 24.6 Å². The number of fused-ring (bicyclic) bond motifs is 1. The molecule has 2 aromatic rings. The van der Waals surface area contributed by atoms with Crippen LogP contribution in [0.5, 0.6) is 0 Å². The van der Waals surface area contributed by atoms with E-state index in [0.29, 0.717) is 11.2 Å². The van der Waals surface area contributed by atoms with Crippen molar-refractivity contribution in [3.05, 3.63) is 35.6 Å². The molecule has 1 amide bonds. The molecule has 4 aliphatic carbocycles. The lowest BCUT2D eigenvalue weighted by atomic mass is 9.48. The quantitative estimate of drug-likeness (QED) is 0.727. The number of carbonyl (C=O) groups excluding carboxylic acids is 1. The fourth-order valence-corrected chi connectivity index (χ4v) is 7.27. The average molecular weight is 384 g/mol. The minimum absolute atomic E-state index is 0.0292. The minimum Gasteiger partial charge on any atom is -0.451 e. The van der Waals surface area contributed by atoms with Crippen LogP contribution in [-0.2, 0) is 5.75 Å².